The molecule has 6 heterocycles. The van der Waals surface area contributed by atoms with Gasteiger partial charge in [-0.15, -0.1) is 0 Å². The molecule has 0 unspecified atom stereocenters. The van der Waals surface area contributed by atoms with Gasteiger partial charge in [-0.05, 0) is 61.8 Å². The van der Waals surface area contributed by atoms with Crippen molar-refractivity contribution in [3.8, 4) is 17.4 Å². The van der Waals surface area contributed by atoms with Gasteiger partial charge in [0.2, 0.25) is 23.6 Å². The number of hydrogen-bond donors (Lipinski definition) is 3. The van der Waals surface area contributed by atoms with Gasteiger partial charge in [-0.1, -0.05) is 32.4 Å². The van der Waals surface area contributed by atoms with Crippen LogP contribution in [0, 0.1) is 11.7 Å². The first-order chi connectivity index (χ1) is 33.3. The summed E-state index contributed by atoms with van der Waals surface area (Å²) < 4.78 is 37.6. The van der Waals surface area contributed by atoms with Gasteiger partial charge in [0.1, 0.15) is 31.7 Å². The van der Waals surface area contributed by atoms with Crippen LogP contribution in [0.1, 0.15) is 69.2 Å². The van der Waals surface area contributed by atoms with E-state index < -0.39 is 29.8 Å². The van der Waals surface area contributed by atoms with Crippen LogP contribution in [-0.2, 0) is 48.3 Å². The highest BCUT2D eigenvalue weighted by molar-refractivity contribution is 6.12. The maximum absolute atomic E-state index is 15.1. The summed E-state index contributed by atoms with van der Waals surface area (Å²) in [5.74, 6) is -1.17. The standard InChI is InChI=1S/C49H58FN9O10/c1-31(2)46(55-41(60)7-5-4-6-19-58-44(62)14-15-45(58)63)48(64)53-28-42(61)54-33-10-8-32(9-11-33)30-69-49(65)59(29-34-25-39-40(27-51-34)68-24-23-67-39)35-16-20-57(21-17-35)22-18-36-37(50)26-52-38-12-13-43(66-3)56-47(36)38/h8-15,25-27,31,35,46H,4-7,16-24,28-30H2,1-3H3,(H,53,64)(H,54,61)(H,55,60)/t46-/m0/s1. The zero-order valence-electron chi connectivity index (χ0n) is 39.0. The highest BCUT2D eigenvalue weighted by Crippen LogP contribution is 2.31. The molecule has 366 valence electrons. The molecule has 7 rings (SSSR count). The van der Waals surface area contributed by atoms with Crippen molar-refractivity contribution in [1.29, 1.82) is 0 Å². The smallest absolute Gasteiger partial charge is 0.410 e. The summed E-state index contributed by atoms with van der Waals surface area (Å²) in [6.07, 6.45) is 8.31. The van der Waals surface area contributed by atoms with Gasteiger partial charge >= 0.3 is 6.09 Å². The van der Waals surface area contributed by atoms with Crippen LogP contribution in [0.3, 0.4) is 0 Å². The van der Waals surface area contributed by atoms with E-state index in [0.29, 0.717) is 122 Å². The number of anilines is 1. The highest BCUT2D eigenvalue weighted by Gasteiger charge is 2.31. The molecular formula is C49H58FN9O10. The Morgan fingerprint density at radius 2 is 1.64 bits per heavy atom. The van der Waals surface area contributed by atoms with E-state index in [2.05, 4.69) is 35.8 Å². The van der Waals surface area contributed by atoms with E-state index in [9.17, 15) is 28.8 Å². The Hall–Kier alpha value is -7.22. The number of pyridine rings is 3. The van der Waals surface area contributed by atoms with E-state index >= 15 is 4.39 Å². The van der Waals surface area contributed by atoms with Gasteiger partial charge in [-0.25, -0.2) is 14.2 Å². The monoisotopic (exact) mass is 951 g/mol. The fourth-order valence-electron chi connectivity index (χ4n) is 8.31. The van der Waals surface area contributed by atoms with Gasteiger partial charge < -0.3 is 39.8 Å². The summed E-state index contributed by atoms with van der Waals surface area (Å²) in [5.41, 5.74) is 3.28. The second kappa shape index (κ2) is 23.7. The molecule has 3 aliphatic rings. The lowest BCUT2D eigenvalue weighted by atomic mass is 10.0. The first-order valence-electron chi connectivity index (χ1n) is 23.2. The van der Waals surface area contributed by atoms with E-state index in [1.54, 1.807) is 67.4 Å². The Morgan fingerprint density at radius 3 is 2.36 bits per heavy atom. The Morgan fingerprint density at radius 1 is 0.899 bits per heavy atom. The number of nitrogens with one attached hydrogen (secondary N) is 3. The quantitative estimate of drug-likeness (QED) is 0.0775. The van der Waals surface area contributed by atoms with E-state index in [1.165, 1.54) is 25.5 Å². The Balaban J connectivity index is 0.876. The maximum atomic E-state index is 15.1. The molecule has 3 N–H and O–H groups in total. The van der Waals surface area contributed by atoms with Crippen molar-refractivity contribution in [3.63, 3.8) is 0 Å². The third kappa shape index (κ3) is 13.5. The summed E-state index contributed by atoms with van der Waals surface area (Å²) in [6, 6.07) is 11.0. The number of piperidine rings is 1. The van der Waals surface area contributed by atoms with E-state index in [4.69, 9.17) is 18.9 Å². The second-order valence-corrected chi connectivity index (χ2v) is 17.4. The molecule has 19 nitrogen and oxygen atoms in total. The molecule has 6 amide bonds. The molecule has 3 aliphatic heterocycles. The van der Waals surface area contributed by atoms with E-state index in [0.717, 1.165) is 4.90 Å². The highest BCUT2D eigenvalue weighted by atomic mass is 19.1. The zero-order valence-corrected chi connectivity index (χ0v) is 39.0. The number of methoxy groups -OCH3 is 1. The number of amides is 6. The van der Waals surface area contributed by atoms with Crippen LogP contribution in [-0.4, -0.2) is 130 Å². The number of fused-ring (bicyclic) bond motifs is 2. The van der Waals surface area contributed by atoms with Gasteiger partial charge in [-0.3, -0.25) is 43.7 Å². The Kier molecular flexibility index (Phi) is 17.0. The minimum Gasteiger partial charge on any atom is -0.486 e. The topological polar surface area (TPSA) is 224 Å². The molecule has 1 saturated heterocycles. The molecule has 0 spiro atoms. The average molecular weight is 952 g/mol. The van der Waals surface area contributed by atoms with Gasteiger partial charge in [0.25, 0.3) is 11.8 Å². The number of carbonyl (C=O) groups is 6. The third-order valence-corrected chi connectivity index (χ3v) is 12.2. The number of aromatic nitrogens is 3. The summed E-state index contributed by atoms with van der Waals surface area (Å²) >= 11 is 0. The number of carbonyl (C=O) groups excluding carboxylic acids is 6. The van der Waals surface area contributed by atoms with Crippen molar-refractivity contribution < 1.29 is 52.1 Å². The van der Waals surface area contributed by atoms with Gasteiger partial charge in [0, 0.05) is 74.2 Å². The molecule has 0 radical (unpaired) electrons. The molecule has 1 aromatic carbocycles. The van der Waals surface area contributed by atoms with Crippen LogP contribution in [0.2, 0.25) is 0 Å². The van der Waals surface area contributed by atoms with Crippen molar-refractivity contribution in [1.82, 2.24) is 40.3 Å². The van der Waals surface area contributed by atoms with Crippen molar-refractivity contribution >= 4 is 52.3 Å². The fraction of sp³-hybridized carbons (Fsp3) is 0.449. The average Bonchev–Trinajstić information content (AvgIpc) is 3.68. The van der Waals surface area contributed by atoms with Gasteiger partial charge in [0.15, 0.2) is 11.5 Å². The molecule has 0 saturated carbocycles. The van der Waals surface area contributed by atoms with Crippen LogP contribution >= 0.6 is 0 Å². The molecule has 4 aromatic rings. The maximum Gasteiger partial charge on any atom is 0.410 e. The predicted molar refractivity (Wildman–Crippen MR) is 249 cm³/mol. The number of nitrogens with zero attached hydrogens (tertiary/aromatic N) is 6. The van der Waals surface area contributed by atoms with Gasteiger partial charge in [0.05, 0.1) is 49.3 Å². The molecular weight excluding hydrogens is 894 g/mol. The van der Waals surface area contributed by atoms with E-state index in [-0.39, 0.29) is 62.3 Å². The van der Waals surface area contributed by atoms with Crippen LogP contribution in [0.5, 0.6) is 17.4 Å². The predicted octanol–water partition coefficient (Wildman–Crippen LogP) is 4.47. The molecule has 69 heavy (non-hydrogen) atoms. The number of likely N-dealkylation sites (tertiary alicyclic amines) is 1. The number of halogens is 1. The molecule has 3 aromatic heterocycles. The van der Waals surface area contributed by atoms with Crippen LogP contribution in [0.25, 0.3) is 11.0 Å². The minimum atomic E-state index is -0.861. The fourth-order valence-corrected chi connectivity index (χ4v) is 8.31. The van der Waals surface area contributed by atoms with Crippen LogP contribution in [0.15, 0.2) is 67.0 Å². The van der Waals surface area contributed by atoms with Crippen molar-refractivity contribution in [2.24, 2.45) is 5.92 Å². The summed E-state index contributed by atoms with van der Waals surface area (Å²) in [6.45, 7) is 6.37. The summed E-state index contributed by atoms with van der Waals surface area (Å²) in [4.78, 5) is 94.2. The number of imide groups is 1. The SMILES string of the molecule is COc1ccc2ncc(F)c(CCN3CCC(N(Cc4cc5c(cn4)OCCO5)C(=O)OCc4ccc(NC(=O)CNC(=O)[C@@H](NC(=O)CCCCCN5C(=O)C=CC5=O)C(C)C)cc4)CC3)c2n1. The Bertz CT molecular complexity index is 2520. The van der Waals surface area contributed by atoms with Crippen molar-refractivity contribution in [3.05, 3.63) is 89.6 Å². The lowest BCUT2D eigenvalue weighted by molar-refractivity contribution is -0.137. The third-order valence-electron chi connectivity index (χ3n) is 12.2. The molecule has 20 heteroatoms. The summed E-state index contributed by atoms with van der Waals surface area (Å²) in [7, 11) is 1.51. The molecule has 0 bridgehead atoms. The zero-order chi connectivity index (χ0) is 48.9. The summed E-state index contributed by atoms with van der Waals surface area (Å²) in [5, 5.41) is 8.09. The number of benzene rings is 1. The first kappa shape index (κ1) is 49.7. The van der Waals surface area contributed by atoms with Crippen molar-refractivity contribution in [2.75, 3.05) is 58.4 Å². The number of ether oxygens (including phenoxy) is 4. The van der Waals surface area contributed by atoms with Gasteiger partial charge in [-0.2, -0.15) is 0 Å². The van der Waals surface area contributed by atoms with Crippen LogP contribution < -0.4 is 30.2 Å². The first-order valence-corrected chi connectivity index (χ1v) is 23.2. The van der Waals surface area contributed by atoms with E-state index in [1.807, 2.05) is 0 Å². The van der Waals surface area contributed by atoms with Crippen LogP contribution in [0.4, 0.5) is 14.9 Å². The Labute approximate surface area is 399 Å². The largest absolute Gasteiger partial charge is 0.486 e. The number of rotatable bonds is 21. The molecule has 1 fully saturated rings. The lowest BCUT2D eigenvalue weighted by Crippen LogP contribution is -2.51. The normalized spacial score (nSPS) is 15.3. The lowest BCUT2D eigenvalue weighted by Gasteiger charge is -2.38. The number of hydrogen-bond acceptors (Lipinski definition) is 14. The minimum absolute atomic E-state index is 0.0437. The molecule has 1 atom stereocenters. The second-order valence-electron chi connectivity index (χ2n) is 17.4. The number of unbranched alkanes of at least 4 members (excludes halogenated alkanes) is 2. The van der Waals surface area contributed by atoms with Crippen molar-refractivity contribution in [2.45, 2.75) is 84.0 Å². The molecule has 0 aliphatic carbocycles.